The molecule has 2 atom stereocenters. The number of fused-ring (bicyclic) bond motifs is 3. The Morgan fingerprint density at radius 2 is 1.82 bits per heavy atom. The third kappa shape index (κ3) is 4.50. The number of nitrogens with zero attached hydrogens (tertiary/aromatic N) is 3. The monoisotopic (exact) mass is 465 g/mol. The molecule has 180 valence electrons. The minimum absolute atomic E-state index is 0.195. The number of imidazole rings is 1. The molecule has 1 aliphatic rings. The average Bonchev–Trinajstić information content (AvgIpc) is 3.23. The second kappa shape index (κ2) is 10.7. The SMILES string of the molecule is CCCOc1ccc([C@H]2[C@@H](C(=O)OCC)C(=O)N(CCCOC)c3nc4ccccc4n32)cc1. The minimum atomic E-state index is -1.03. The topological polar surface area (TPSA) is 82.9 Å². The summed E-state index contributed by atoms with van der Waals surface area (Å²) in [5, 5.41) is 0. The van der Waals surface area contributed by atoms with E-state index in [-0.39, 0.29) is 12.5 Å². The van der Waals surface area contributed by atoms with Crippen molar-refractivity contribution in [3.63, 3.8) is 0 Å². The van der Waals surface area contributed by atoms with Gasteiger partial charge in [-0.2, -0.15) is 0 Å². The van der Waals surface area contributed by atoms with Crippen LogP contribution in [-0.4, -0.2) is 54.9 Å². The predicted octanol–water partition coefficient (Wildman–Crippen LogP) is 3.98. The summed E-state index contributed by atoms with van der Waals surface area (Å²) in [5.41, 5.74) is 2.43. The molecule has 34 heavy (non-hydrogen) atoms. The first-order valence-corrected chi connectivity index (χ1v) is 11.8. The van der Waals surface area contributed by atoms with E-state index in [1.807, 2.05) is 53.1 Å². The van der Waals surface area contributed by atoms with Crippen LogP contribution in [0.2, 0.25) is 0 Å². The zero-order valence-electron chi connectivity index (χ0n) is 19.9. The first-order valence-electron chi connectivity index (χ1n) is 11.8. The highest BCUT2D eigenvalue weighted by Crippen LogP contribution is 2.41. The molecule has 0 radical (unpaired) electrons. The summed E-state index contributed by atoms with van der Waals surface area (Å²) >= 11 is 0. The molecule has 3 aromatic rings. The van der Waals surface area contributed by atoms with E-state index < -0.39 is 17.9 Å². The maximum atomic E-state index is 13.8. The highest BCUT2D eigenvalue weighted by molar-refractivity contribution is 6.08. The first-order chi connectivity index (χ1) is 16.6. The zero-order chi connectivity index (χ0) is 24.1. The number of carbonyl (C=O) groups is 2. The molecular weight excluding hydrogens is 434 g/mol. The van der Waals surface area contributed by atoms with E-state index in [2.05, 4.69) is 6.92 Å². The molecule has 0 unspecified atom stereocenters. The van der Waals surface area contributed by atoms with Crippen LogP contribution >= 0.6 is 0 Å². The van der Waals surface area contributed by atoms with Crippen molar-refractivity contribution in [2.45, 2.75) is 32.7 Å². The van der Waals surface area contributed by atoms with Gasteiger partial charge in [0.25, 0.3) is 0 Å². The number of rotatable bonds is 10. The number of carbonyl (C=O) groups excluding carboxylic acids is 2. The van der Waals surface area contributed by atoms with E-state index in [0.717, 1.165) is 28.8 Å². The molecule has 0 spiro atoms. The Morgan fingerprint density at radius 1 is 1.06 bits per heavy atom. The molecule has 4 rings (SSSR count). The van der Waals surface area contributed by atoms with E-state index in [0.29, 0.717) is 32.1 Å². The van der Waals surface area contributed by atoms with Gasteiger partial charge < -0.3 is 18.8 Å². The third-order valence-electron chi connectivity index (χ3n) is 5.91. The largest absolute Gasteiger partial charge is 0.494 e. The van der Waals surface area contributed by atoms with Crippen LogP contribution in [0.4, 0.5) is 5.95 Å². The van der Waals surface area contributed by atoms with Crippen LogP contribution in [0.25, 0.3) is 11.0 Å². The molecule has 1 aromatic heterocycles. The number of anilines is 1. The van der Waals surface area contributed by atoms with Gasteiger partial charge in [0, 0.05) is 20.3 Å². The summed E-state index contributed by atoms with van der Waals surface area (Å²) in [6.45, 7) is 5.50. The number of benzene rings is 2. The molecular formula is C26H31N3O5. The molecule has 0 N–H and O–H groups in total. The van der Waals surface area contributed by atoms with Gasteiger partial charge in [0.05, 0.1) is 30.3 Å². The zero-order valence-corrected chi connectivity index (χ0v) is 19.9. The van der Waals surface area contributed by atoms with Crippen LogP contribution in [0.3, 0.4) is 0 Å². The Labute approximate surface area is 199 Å². The van der Waals surface area contributed by atoms with Gasteiger partial charge in [0.2, 0.25) is 11.9 Å². The maximum Gasteiger partial charge on any atom is 0.321 e. The molecule has 0 aliphatic carbocycles. The van der Waals surface area contributed by atoms with Crippen LogP contribution in [0.5, 0.6) is 5.75 Å². The summed E-state index contributed by atoms with van der Waals surface area (Å²) < 4.78 is 18.3. The number of methoxy groups -OCH3 is 1. The molecule has 8 heteroatoms. The van der Waals surface area contributed by atoms with Crippen LogP contribution < -0.4 is 9.64 Å². The van der Waals surface area contributed by atoms with Crippen molar-refractivity contribution >= 4 is 28.9 Å². The van der Waals surface area contributed by atoms with Crippen molar-refractivity contribution in [3.8, 4) is 5.75 Å². The molecule has 0 saturated heterocycles. The lowest BCUT2D eigenvalue weighted by molar-refractivity contribution is -0.153. The lowest BCUT2D eigenvalue weighted by Crippen LogP contribution is -2.50. The average molecular weight is 466 g/mol. The maximum absolute atomic E-state index is 13.8. The number of ether oxygens (including phenoxy) is 3. The van der Waals surface area contributed by atoms with E-state index >= 15 is 0 Å². The molecule has 0 bridgehead atoms. The van der Waals surface area contributed by atoms with Gasteiger partial charge >= 0.3 is 5.97 Å². The van der Waals surface area contributed by atoms with Crippen LogP contribution in [0.1, 0.15) is 38.3 Å². The number of esters is 1. The van der Waals surface area contributed by atoms with E-state index in [4.69, 9.17) is 19.2 Å². The van der Waals surface area contributed by atoms with E-state index in [1.54, 1.807) is 18.9 Å². The van der Waals surface area contributed by atoms with Crippen molar-refractivity contribution in [2.24, 2.45) is 5.92 Å². The predicted molar refractivity (Wildman–Crippen MR) is 129 cm³/mol. The third-order valence-corrected chi connectivity index (χ3v) is 5.91. The molecule has 8 nitrogen and oxygen atoms in total. The quantitative estimate of drug-likeness (QED) is 0.256. The van der Waals surface area contributed by atoms with Crippen LogP contribution in [0.15, 0.2) is 48.5 Å². The smallest absolute Gasteiger partial charge is 0.321 e. The second-order valence-electron chi connectivity index (χ2n) is 8.20. The van der Waals surface area contributed by atoms with Gasteiger partial charge in [-0.05, 0) is 49.6 Å². The highest BCUT2D eigenvalue weighted by atomic mass is 16.5. The molecule has 1 amide bonds. The Kier molecular flexibility index (Phi) is 7.47. The van der Waals surface area contributed by atoms with E-state index in [1.165, 1.54) is 0 Å². The summed E-state index contributed by atoms with van der Waals surface area (Å²) in [6, 6.07) is 14.7. The van der Waals surface area contributed by atoms with Crippen molar-refractivity contribution in [1.82, 2.24) is 9.55 Å². The summed E-state index contributed by atoms with van der Waals surface area (Å²) in [5.74, 6) is -0.607. The molecule has 2 heterocycles. The van der Waals surface area contributed by atoms with Crippen LogP contribution in [-0.2, 0) is 19.1 Å². The number of amides is 1. The van der Waals surface area contributed by atoms with Gasteiger partial charge in [0.1, 0.15) is 5.75 Å². The first kappa shape index (κ1) is 23.8. The normalized spacial score (nSPS) is 17.6. The van der Waals surface area contributed by atoms with Gasteiger partial charge in [-0.3, -0.25) is 14.5 Å². The fourth-order valence-electron chi connectivity index (χ4n) is 4.41. The van der Waals surface area contributed by atoms with Crippen molar-refractivity contribution in [2.75, 3.05) is 38.4 Å². The lowest BCUT2D eigenvalue weighted by atomic mass is 9.89. The summed E-state index contributed by atoms with van der Waals surface area (Å²) in [4.78, 5) is 33.3. The highest BCUT2D eigenvalue weighted by Gasteiger charge is 2.47. The number of para-hydroxylation sites is 2. The molecule has 0 saturated carbocycles. The van der Waals surface area contributed by atoms with Crippen molar-refractivity contribution in [1.29, 1.82) is 0 Å². The number of hydrogen-bond acceptors (Lipinski definition) is 6. The van der Waals surface area contributed by atoms with Gasteiger partial charge in [0.15, 0.2) is 5.92 Å². The van der Waals surface area contributed by atoms with Gasteiger partial charge in [-0.25, -0.2) is 4.98 Å². The second-order valence-corrected chi connectivity index (χ2v) is 8.20. The molecule has 1 aliphatic heterocycles. The van der Waals surface area contributed by atoms with Crippen molar-refractivity contribution < 1.29 is 23.8 Å². The lowest BCUT2D eigenvalue weighted by Gasteiger charge is -2.38. The Balaban J connectivity index is 1.86. The summed E-state index contributed by atoms with van der Waals surface area (Å²) in [6.07, 6.45) is 1.53. The van der Waals surface area contributed by atoms with Gasteiger partial charge in [-0.15, -0.1) is 0 Å². The Bertz CT molecular complexity index is 1140. The Morgan fingerprint density at radius 3 is 2.53 bits per heavy atom. The van der Waals surface area contributed by atoms with Gasteiger partial charge in [-0.1, -0.05) is 31.2 Å². The standard InChI is InChI=1S/C26H31N3O5/c1-4-16-34-19-13-11-18(12-14-19)23-22(25(31)33-5-2)24(30)28(15-8-17-32-3)26-27-20-9-6-7-10-21(20)29(23)26/h6-7,9-14,22-23H,4-5,8,15-17H2,1-3H3/t22-,23+/m1/s1. The fourth-order valence-corrected chi connectivity index (χ4v) is 4.41. The summed E-state index contributed by atoms with van der Waals surface area (Å²) in [7, 11) is 1.62. The molecule has 2 aromatic carbocycles. The van der Waals surface area contributed by atoms with E-state index in [9.17, 15) is 9.59 Å². The van der Waals surface area contributed by atoms with Crippen molar-refractivity contribution in [3.05, 3.63) is 54.1 Å². The Hall–Kier alpha value is -3.39. The fraction of sp³-hybridized carbons (Fsp3) is 0.423. The van der Waals surface area contributed by atoms with Crippen LogP contribution in [0, 0.1) is 5.92 Å². The number of aromatic nitrogens is 2. The minimum Gasteiger partial charge on any atom is -0.494 e. The number of hydrogen-bond donors (Lipinski definition) is 0. The molecule has 0 fully saturated rings.